The zero-order valence-corrected chi connectivity index (χ0v) is 29.2. The Hall–Kier alpha value is -7.23. The van der Waals surface area contributed by atoms with E-state index in [-0.39, 0.29) is 0 Å². The van der Waals surface area contributed by atoms with Crippen molar-refractivity contribution in [3.05, 3.63) is 188 Å². The number of nitrogens with zero attached hydrogens (tertiary/aromatic N) is 3. The molecule has 0 saturated carbocycles. The summed E-state index contributed by atoms with van der Waals surface area (Å²) in [6.07, 6.45) is 0. The van der Waals surface area contributed by atoms with E-state index in [2.05, 4.69) is 188 Å². The fourth-order valence-corrected chi connectivity index (χ4v) is 8.28. The smallest absolute Gasteiger partial charge is 0.160 e. The van der Waals surface area contributed by atoms with Gasteiger partial charge in [0.1, 0.15) is 0 Å². The van der Waals surface area contributed by atoms with Crippen LogP contribution in [0, 0.1) is 0 Å². The average molecular weight is 686 g/mol. The van der Waals surface area contributed by atoms with Crippen LogP contribution in [0.3, 0.4) is 0 Å². The van der Waals surface area contributed by atoms with E-state index in [1.54, 1.807) is 0 Å². The van der Waals surface area contributed by atoms with Crippen LogP contribution in [0.5, 0.6) is 0 Å². The second kappa shape index (κ2) is 12.2. The summed E-state index contributed by atoms with van der Waals surface area (Å²) >= 11 is 0. The first-order chi connectivity index (χ1) is 26.8. The van der Waals surface area contributed by atoms with Crippen molar-refractivity contribution in [3.63, 3.8) is 0 Å². The molecule has 0 atom stereocenters. The molecule has 2 heterocycles. The number of hydrogen-bond acceptors (Lipinski definition) is 3. The number of rotatable bonds is 4. The van der Waals surface area contributed by atoms with Crippen LogP contribution < -0.4 is 0 Å². The normalized spacial score (nSPS) is 11.7. The summed E-state index contributed by atoms with van der Waals surface area (Å²) in [4.78, 5) is 15.8. The maximum absolute atomic E-state index is 5.36. The summed E-state index contributed by atoms with van der Waals surface area (Å²) in [5.74, 6) is 0.702. The highest BCUT2D eigenvalue weighted by Crippen LogP contribution is 2.43. The Bertz CT molecular complexity index is 3280. The maximum atomic E-state index is 5.36. The van der Waals surface area contributed by atoms with Crippen LogP contribution in [0.4, 0.5) is 0 Å². The Labute approximate surface area is 311 Å². The van der Waals surface area contributed by atoms with Gasteiger partial charge in [0, 0.05) is 38.2 Å². The molecule has 0 N–H and O–H groups in total. The molecule has 0 saturated heterocycles. The van der Waals surface area contributed by atoms with Gasteiger partial charge in [-0.2, -0.15) is 0 Å². The minimum absolute atomic E-state index is 0.702. The first-order valence-corrected chi connectivity index (χ1v) is 18.4. The Balaban J connectivity index is 1.16. The molecule has 0 aliphatic carbocycles. The van der Waals surface area contributed by atoms with E-state index >= 15 is 0 Å². The molecule has 54 heavy (non-hydrogen) atoms. The molecule has 11 rings (SSSR count). The van der Waals surface area contributed by atoms with Gasteiger partial charge in [-0.3, -0.25) is 0 Å². The van der Waals surface area contributed by atoms with Crippen molar-refractivity contribution in [2.24, 2.45) is 0 Å². The summed E-state index contributed by atoms with van der Waals surface area (Å²) in [7, 11) is 0. The lowest BCUT2D eigenvalue weighted by atomic mass is 9.89. The Kier molecular flexibility index (Phi) is 6.86. The van der Waals surface area contributed by atoms with Gasteiger partial charge >= 0.3 is 0 Å². The van der Waals surface area contributed by atoms with Gasteiger partial charge in [-0.1, -0.05) is 158 Å². The summed E-state index contributed by atoms with van der Waals surface area (Å²) in [6.45, 7) is 0. The lowest BCUT2D eigenvalue weighted by molar-refractivity contribution is 1.23. The number of para-hydroxylation sites is 2. The van der Waals surface area contributed by atoms with Crippen LogP contribution in [-0.4, -0.2) is 15.0 Å². The largest absolute Gasteiger partial charge is 0.247 e. The molecule has 9 aromatic carbocycles. The molecule has 11 aromatic rings. The van der Waals surface area contributed by atoms with Crippen molar-refractivity contribution in [2.45, 2.75) is 0 Å². The zero-order valence-electron chi connectivity index (χ0n) is 29.2. The predicted octanol–water partition coefficient (Wildman–Crippen LogP) is 13.5. The standard InChI is InChI=1S/C51H31N3/c1-2-15-34-29-36(28-27-32(34)13-1)49-45-31-44(39-20-5-6-21-40(39)48(45)42-22-7-9-25-46(42)52-49)35-17-11-18-37(30-35)51-53-47-26-10-8-23-43(47)50(54-51)41-24-12-16-33-14-3-4-19-38(33)41/h1-31H. The monoisotopic (exact) mass is 685 g/mol. The summed E-state index contributed by atoms with van der Waals surface area (Å²) < 4.78 is 0. The quantitative estimate of drug-likeness (QED) is 0.173. The second-order valence-electron chi connectivity index (χ2n) is 14.0. The van der Waals surface area contributed by atoms with Crippen LogP contribution in [0.1, 0.15) is 0 Å². The molecule has 0 amide bonds. The highest BCUT2D eigenvalue weighted by molar-refractivity contribution is 6.25. The van der Waals surface area contributed by atoms with Crippen molar-refractivity contribution in [1.29, 1.82) is 0 Å². The number of pyridine rings is 1. The van der Waals surface area contributed by atoms with Gasteiger partial charge in [-0.25, -0.2) is 15.0 Å². The number of fused-ring (bicyclic) bond motifs is 8. The fraction of sp³-hybridized carbons (Fsp3) is 0. The van der Waals surface area contributed by atoms with Crippen molar-refractivity contribution in [2.75, 3.05) is 0 Å². The van der Waals surface area contributed by atoms with E-state index in [0.717, 1.165) is 66.4 Å². The fourth-order valence-electron chi connectivity index (χ4n) is 8.28. The van der Waals surface area contributed by atoms with E-state index < -0.39 is 0 Å². The summed E-state index contributed by atoms with van der Waals surface area (Å²) in [5.41, 5.74) is 9.25. The van der Waals surface area contributed by atoms with Crippen molar-refractivity contribution in [3.8, 4) is 45.0 Å². The van der Waals surface area contributed by atoms with E-state index in [1.807, 2.05) is 0 Å². The molecule has 3 nitrogen and oxygen atoms in total. The molecule has 250 valence electrons. The molecule has 0 fully saturated rings. The lowest BCUT2D eigenvalue weighted by Gasteiger charge is -2.17. The highest BCUT2D eigenvalue weighted by Gasteiger charge is 2.18. The summed E-state index contributed by atoms with van der Waals surface area (Å²) in [5, 5.41) is 11.7. The molecule has 3 heteroatoms. The van der Waals surface area contributed by atoms with Crippen molar-refractivity contribution in [1.82, 2.24) is 15.0 Å². The van der Waals surface area contributed by atoms with E-state index in [0.29, 0.717) is 5.82 Å². The van der Waals surface area contributed by atoms with Crippen LogP contribution in [0.15, 0.2) is 188 Å². The highest BCUT2D eigenvalue weighted by atomic mass is 14.9. The molecule has 0 radical (unpaired) electrons. The van der Waals surface area contributed by atoms with Crippen LogP contribution in [-0.2, 0) is 0 Å². The molecule has 0 unspecified atom stereocenters. The minimum atomic E-state index is 0.702. The molecular formula is C51H31N3. The first-order valence-electron chi connectivity index (χ1n) is 18.4. The van der Waals surface area contributed by atoms with E-state index in [1.165, 1.54) is 37.7 Å². The van der Waals surface area contributed by atoms with Gasteiger partial charge in [0.25, 0.3) is 0 Å². The number of aromatic nitrogens is 3. The summed E-state index contributed by atoms with van der Waals surface area (Å²) in [6, 6.07) is 66.8. The Morgan fingerprint density at radius 1 is 0.278 bits per heavy atom. The van der Waals surface area contributed by atoms with E-state index in [9.17, 15) is 0 Å². The number of hydrogen-bond donors (Lipinski definition) is 0. The average Bonchev–Trinajstić information content (AvgIpc) is 3.25. The predicted molar refractivity (Wildman–Crippen MR) is 227 cm³/mol. The van der Waals surface area contributed by atoms with Gasteiger partial charge in [0.2, 0.25) is 0 Å². The molecule has 2 aromatic heterocycles. The lowest BCUT2D eigenvalue weighted by Crippen LogP contribution is -1.96. The molecule has 0 aliphatic heterocycles. The second-order valence-corrected chi connectivity index (χ2v) is 14.0. The third-order valence-corrected chi connectivity index (χ3v) is 10.8. The van der Waals surface area contributed by atoms with Gasteiger partial charge < -0.3 is 0 Å². The van der Waals surface area contributed by atoms with Gasteiger partial charge in [0.05, 0.1) is 22.4 Å². The van der Waals surface area contributed by atoms with Gasteiger partial charge in [-0.05, 0) is 73.8 Å². The topological polar surface area (TPSA) is 38.7 Å². The zero-order chi connectivity index (χ0) is 35.6. The van der Waals surface area contributed by atoms with Crippen molar-refractivity contribution >= 4 is 64.9 Å². The number of benzene rings is 9. The van der Waals surface area contributed by atoms with Crippen molar-refractivity contribution < 1.29 is 0 Å². The maximum Gasteiger partial charge on any atom is 0.160 e. The Morgan fingerprint density at radius 2 is 0.907 bits per heavy atom. The third kappa shape index (κ3) is 4.87. The Morgan fingerprint density at radius 3 is 1.76 bits per heavy atom. The van der Waals surface area contributed by atoms with Crippen LogP contribution in [0.25, 0.3) is 110 Å². The van der Waals surface area contributed by atoms with Crippen LogP contribution in [0.2, 0.25) is 0 Å². The molecular weight excluding hydrogens is 655 g/mol. The molecule has 0 aliphatic rings. The first kappa shape index (κ1) is 30.4. The molecule has 0 bridgehead atoms. The SMILES string of the molecule is c1cc(-c2nc(-c3cccc4ccccc34)c3ccccc3n2)cc(-c2cc3c(-c4ccc5ccccc5c4)nc4ccccc4c3c3ccccc23)c1. The van der Waals surface area contributed by atoms with Crippen LogP contribution >= 0.6 is 0 Å². The van der Waals surface area contributed by atoms with Gasteiger partial charge in [-0.15, -0.1) is 0 Å². The molecule has 0 spiro atoms. The van der Waals surface area contributed by atoms with E-state index in [4.69, 9.17) is 15.0 Å². The minimum Gasteiger partial charge on any atom is -0.247 e. The third-order valence-electron chi connectivity index (χ3n) is 10.8. The van der Waals surface area contributed by atoms with Gasteiger partial charge in [0.15, 0.2) is 5.82 Å².